The van der Waals surface area contributed by atoms with Crippen molar-refractivity contribution in [2.75, 3.05) is 12.4 Å². The third-order valence-corrected chi connectivity index (χ3v) is 3.57. The van der Waals surface area contributed by atoms with E-state index in [4.69, 9.17) is 5.11 Å². The van der Waals surface area contributed by atoms with Crippen molar-refractivity contribution < 1.29 is 5.11 Å². The van der Waals surface area contributed by atoms with Crippen LogP contribution in [0.5, 0.6) is 0 Å². The van der Waals surface area contributed by atoms with Crippen LogP contribution in [0.25, 0.3) is 11.2 Å². The van der Waals surface area contributed by atoms with Gasteiger partial charge in [0.25, 0.3) is 5.56 Å². The van der Waals surface area contributed by atoms with Crippen LogP contribution in [0.2, 0.25) is 0 Å². The molecule has 0 amide bonds. The highest BCUT2D eigenvalue weighted by atomic mass is 32.2. The standard InChI is InChI=1S/C10H14N4O3S/c1-3-14-6-7(11-10(14)18-5-4-15)13(2)9(17)12-8(6)16/h15H,3-5H2,1-2H3,(H,12,16,17). The summed E-state index contributed by atoms with van der Waals surface area (Å²) in [6.45, 7) is 2.51. The second-order valence-electron chi connectivity index (χ2n) is 3.70. The molecule has 7 nitrogen and oxygen atoms in total. The molecule has 0 atom stereocenters. The molecular formula is C10H14N4O3S. The molecule has 2 heterocycles. The minimum Gasteiger partial charge on any atom is -0.396 e. The Hall–Kier alpha value is -1.54. The number of nitrogens with one attached hydrogen (secondary N) is 1. The first kappa shape index (κ1) is 12.9. The maximum absolute atomic E-state index is 11.8. The number of aryl methyl sites for hydroxylation is 2. The summed E-state index contributed by atoms with van der Waals surface area (Å²) in [4.78, 5) is 29.9. The Morgan fingerprint density at radius 2 is 2.17 bits per heavy atom. The van der Waals surface area contributed by atoms with Crippen LogP contribution >= 0.6 is 11.8 Å². The molecule has 0 fully saturated rings. The molecule has 0 unspecified atom stereocenters. The third kappa shape index (κ3) is 1.97. The van der Waals surface area contributed by atoms with Crippen LogP contribution in [0.1, 0.15) is 6.92 Å². The highest BCUT2D eigenvalue weighted by Gasteiger charge is 2.16. The van der Waals surface area contributed by atoms with E-state index in [-0.39, 0.29) is 6.61 Å². The summed E-state index contributed by atoms with van der Waals surface area (Å²) in [5.41, 5.74) is -0.156. The van der Waals surface area contributed by atoms with Crippen molar-refractivity contribution in [1.29, 1.82) is 0 Å². The number of nitrogens with zero attached hydrogens (tertiary/aromatic N) is 3. The number of aromatic amines is 1. The largest absolute Gasteiger partial charge is 0.396 e. The van der Waals surface area contributed by atoms with Gasteiger partial charge in [-0.25, -0.2) is 9.78 Å². The van der Waals surface area contributed by atoms with E-state index in [9.17, 15) is 9.59 Å². The van der Waals surface area contributed by atoms with Crippen LogP contribution < -0.4 is 11.2 Å². The van der Waals surface area contributed by atoms with Crippen molar-refractivity contribution >= 4 is 22.9 Å². The lowest BCUT2D eigenvalue weighted by atomic mass is 10.5. The Kier molecular flexibility index (Phi) is 3.58. The summed E-state index contributed by atoms with van der Waals surface area (Å²) in [5, 5.41) is 9.47. The quantitative estimate of drug-likeness (QED) is 0.733. The predicted molar refractivity (Wildman–Crippen MR) is 69.1 cm³/mol. The molecular weight excluding hydrogens is 256 g/mol. The molecule has 2 aromatic rings. The number of thioether (sulfide) groups is 1. The van der Waals surface area contributed by atoms with Crippen molar-refractivity contribution in [1.82, 2.24) is 19.1 Å². The van der Waals surface area contributed by atoms with E-state index < -0.39 is 11.2 Å². The maximum atomic E-state index is 11.8. The first-order chi connectivity index (χ1) is 8.60. The Bertz CT molecular complexity index is 685. The van der Waals surface area contributed by atoms with Gasteiger partial charge in [-0.15, -0.1) is 0 Å². The van der Waals surface area contributed by atoms with Gasteiger partial charge >= 0.3 is 5.69 Å². The second-order valence-corrected chi connectivity index (χ2v) is 4.76. The van der Waals surface area contributed by atoms with Crippen LogP contribution in [-0.2, 0) is 13.6 Å². The van der Waals surface area contributed by atoms with Crippen molar-refractivity contribution in [3.05, 3.63) is 20.8 Å². The van der Waals surface area contributed by atoms with Crippen molar-refractivity contribution in [3.63, 3.8) is 0 Å². The molecule has 0 aliphatic heterocycles. The van der Waals surface area contributed by atoms with Gasteiger partial charge in [0.15, 0.2) is 16.3 Å². The number of hydrogen-bond acceptors (Lipinski definition) is 5. The fourth-order valence-electron chi connectivity index (χ4n) is 1.76. The van der Waals surface area contributed by atoms with Gasteiger partial charge in [0.05, 0.1) is 6.61 Å². The number of aliphatic hydroxyl groups excluding tert-OH is 1. The Morgan fingerprint density at radius 3 is 2.78 bits per heavy atom. The number of hydrogen-bond donors (Lipinski definition) is 2. The molecule has 0 spiro atoms. The van der Waals surface area contributed by atoms with Crippen molar-refractivity contribution in [3.8, 4) is 0 Å². The van der Waals surface area contributed by atoms with E-state index in [1.807, 2.05) is 6.92 Å². The molecule has 0 radical (unpaired) electrons. The molecule has 8 heteroatoms. The van der Waals surface area contributed by atoms with Gasteiger partial charge in [0, 0.05) is 19.3 Å². The van der Waals surface area contributed by atoms with Gasteiger partial charge in [0.2, 0.25) is 0 Å². The Balaban J connectivity index is 2.76. The zero-order valence-electron chi connectivity index (χ0n) is 10.1. The SMILES string of the molecule is CCn1c(SCCO)nc2c1c(=O)[nH]c(=O)n2C. The van der Waals surface area contributed by atoms with E-state index in [1.54, 1.807) is 11.6 Å². The molecule has 2 aromatic heterocycles. The molecule has 0 aliphatic rings. The zero-order chi connectivity index (χ0) is 13.3. The Morgan fingerprint density at radius 1 is 1.44 bits per heavy atom. The molecule has 0 aliphatic carbocycles. The molecule has 2 rings (SSSR count). The summed E-state index contributed by atoms with van der Waals surface area (Å²) < 4.78 is 3.06. The number of fused-ring (bicyclic) bond motifs is 1. The summed E-state index contributed by atoms with van der Waals surface area (Å²) in [6.07, 6.45) is 0. The first-order valence-electron chi connectivity index (χ1n) is 5.53. The van der Waals surface area contributed by atoms with Gasteiger partial charge in [0.1, 0.15) is 0 Å². The number of aromatic nitrogens is 4. The lowest BCUT2D eigenvalue weighted by Crippen LogP contribution is -2.29. The summed E-state index contributed by atoms with van der Waals surface area (Å²) in [6, 6.07) is 0. The topological polar surface area (TPSA) is 92.9 Å². The minimum absolute atomic E-state index is 0.0346. The van der Waals surface area contributed by atoms with E-state index in [0.717, 1.165) is 0 Å². The molecule has 0 bridgehead atoms. The smallest absolute Gasteiger partial charge is 0.329 e. The van der Waals surface area contributed by atoms with Gasteiger partial charge in [-0.1, -0.05) is 11.8 Å². The maximum Gasteiger partial charge on any atom is 0.329 e. The van der Waals surface area contributed by atoms with E-state index >= 15 is 0 Å². The lowest BCUT2D eigenvalue weighted by Gasteiger charge is -2.03. The summed E-state index contributed by atoms with van der Waals surface area (Å²) >= 11 is 1.35. The van der Waals surface area contributed by atoms with Crippen LogP contribution in [0, 0.1) is 0 Å². The summed E-state index contributed by atoms with van der Waals surface area (Å²) in [7, 11) is 1.56. The summed E-state index contributed by atoms with van der Waals surface area (Å²) in [5.74, 6) is 0.495. The predicted octanol–water partition coefficient (Wildman–Crippen LogP) is -0.472. The highest BCUT2D eigenvalue weighted by Crippen LogP contribution is 2.20. The monoisotopic (exact) mass is 270 g/mol. The molecule has 0 saturated carbocycles. The fraction of sp³-hybridized carbons (Fsp3) is 0.500. The lowest BCUT2D eigenvalue weighted by molar-refractivity contribution is 0.322. The molecule has 2 N–H and O–H groups in total. The number of rotatable bonds is 4. The average Bonchev–Trinajstić information content (AvgIpc) is 2.72. The van der Waals surface area contributed by atoms with E-state index in [0.29, 0.717) is 28.6 Å². The average molecular weight is 270 g/mol. The fourth-order valence-corrected chi connectivity index (χ4v) is 2.56. The second kappa shape index (κ2) is 4.99. The molecule has 0 aromatic carbocycles. The molecule has 0 saturated heterocycles. The molecule has 98 valence electrons. The van der Waals surface area contributed by atoms with Crippen LogP contribution in [0.15, 0.2) is 14.7 Å². The highest BCUT2D eigenvalue weighted by molar-refractivity contribution is 7.99. The number of imidazole rings is 1. The van der Waals surface area contributed by atoms with Gasteiger partial charge in [-0.2, -0.15) is 0 Å². The van der Waals surface area contributed by atoms with E-state index in [1.165, 1.54) is 16.3 Å². The number of H-pyrrole nitrogens is 1. The minimum atomic E-state index is -0.480. The van der Waals surface area contributed by atoms with Gasteiger partial charge in [-0.05, 0) is 6.92 Å². The third-order valence-electron chi connectivity index (χ3n) is 2.61. The first-order valence-corrected chi connectivity index (χ1v) is 6.52. The molecule has 18 heavy (non-hydrogen) atoms. The van der Waals surface area contributed by atoms with Crippen LogP contribution in [0.4, 0.5) is 0 Å². The van der Waals surface area contributed by atoms with Crippen molar-refractivity contribution in [2.24, 2.45) is 7.05 Å². The number of aliphatic hydroxyl groups is 1. The zero-order valence-corrected chi connectivity index (χ0v) is 11.0. The van der Waals surface area contributed by atoms with Crippen LogP contribution in [0.3, 0.4) is 0 Å². The normalized spacial score (nSPS) is 11.3. The van der Waals surface area contributed by atoms with Gasteiger partial charge < -0.3 is 9.67 Å². The van der Waals surface area contributed by atoms with Gasteiger partial charge in [-0.3, -0.25) is 14.3 Å². The van der Waals surface area contributed by atoms with Crippen molar-refractivity contribution in [2.45, 2.75) is 18.6 Å². The Labute approximate surface area is 106 Å². The van der Waals surface area contributed by atoms with E-state index in [2.05, 4.69) is 9.97 Å². The van der Waals surface area contributed by atoms with Crippen LogP contribution in [-0.4, -0.2) is 36.6 Å².